The second kappa shape index (κ2) is 12.0. The van der Waals surface area contributed by atoms with Crippen LogP contribution in [-0.4, -0.2) is 11.2 Å². The van der Waals surface area contributed by atoms with Crippen LogP contribution in [0.3, 0.4) is 0 Å². The average Bonchev–Trinajstić information content (AvgIpc) is 3.58. The molecule has 0 amide bonds. The number of thiophene rings is 1. The lowest BCUT2D eigenvalue weighted by molar-refractivity contribution is -0.212. The van der Waals surface area contributed by atoms with E-state index in [9.17, 15) is 10.4 Å². The van der Waals surface area contributed by atoms with Gasteiger partial charge in [0.2, 0.25) is 0 Å². The second-order valence-electron chi connectivity index (χ2n) is 14.5. The molecule has 5 aliphatic rings. The number of nitrogens with zero attached hydrogens (tertiary/aromatic N) is 1. The molecule has 1 heterocycles. The smallest absolute Gasteiger partial charge is 0.120 e. The minimum absolute atomic E-state index is 0.0396. The summed E-state index contributed by atoms with van der Waals surface area (Å²) in [7, 11) is 0. The Hall–Kier alpha value is -1.55. The van der Waals surface area contributed by atoms with Crippen molar-refractivity contribution >= 4 is 11.3 Å². The number of rotatable bonds is 0. The summed E-state index contributed by atoms with van der Waals surface area (Å²) in [6.07, 6.45) is 15.7. The van der Waals surface area contributed by atoms with Gasteiger partial charge in [-0.3, -0.25) is 0 Å². The van der Waals surface area contributed by atoms with Gasteiger partial charge in [-0.05, 0) is 128 Å². The zero-order valence-electron chi connectivity index (χ0n) is 26.5. The van der Waals surface area contributed by atoms with E-state index in [2.05, 4.69) is 52.2 Å². The minimum Gasteiger partial charge on any atom is -0.393 e. The maximum atomic E-state index is 10.9. The summed E-state index contributed by atoms with van der Waals surface area (Å²) in [6.45, 7) is 19.3. The molecule has 1 aromatic rings. The Morgan fingerprint density at radius 2 is 1.62 bits per heavy atom. The summed E-state index contributed by atoms with van der Waals surface area (Å²) in [5.74, 6) is 11.2. The fourth-order valence-corrected chi connectivity index (χ4v) is 11.7. The molecule has 0 bridgehead atoms. The molecule has 2 nitrogen and oxygen atoms in total. The normalized spacial score (nSPS) is 42.3. The predicted octanol–water partition coefficient (Wildman–Crippen LogP) is 10.0. The zero-order valence-corrected chi connectivity index (χ0v) is 27.3. The van der Waals surface area contributed by atoms with Crippen molar-refractivity contribution in [3.63, 3.8) is 0 Å². The van der Waals surface area contributed by atoms with E-state index < -0.39 is 0 Å². The van der Waals surface area contributed by atoms with Gasteiger partial charge < -0.3 is 5.11 Å². The van der Waals surface area contributed by atoms with Gasteiger partial charge in [0, 0.05) is 5.41 Å². The van der Waals surface area contributed by atoms with Crippen LogP contribution >= 0.6 is 11.3 Å². The number of fused-ring (bicyclic) bond motifs is 7. The van der Waals surface area contributed by atoms with Crippen molar-refractivity contribution in [3.05, 3.63) is 34.5 Å². The number of hydrogen-bond donors (Lipinski definition) is 1. The lowest BCUT2D eigenvalue weighted by atomic mass is 9.36. The first kappa shape index (κ1) is 31.4. The summed E-state index contributed by atoms with van der Waals surface area (Å²) >= 11 is 1.52. The fourth-order valence-electron chi connectivity index (χ4n) is 11.1. The van der Waals surface area contributed by atoms with Gasteiger partial charge in [0.25, 0.3) is 0 Å². The SMILES string of the molecule is C=CC.CC.CC1(C)C(O)CCC2(C)C1CCC1(C)C3CCC4(C#Cc5ccsc5C#N)CCCC4C3CCC12. The van der Waals surface area contributed by atoms with E-state index in [0.717, 1.165) is 40.5 Å². The van der Waals surface area contributed by atoms with E-state index in [1.807, 2.05) is 32.2 Å². The standard InChI is InChI=1S/C32H43NOS.C3H6.C2H6/c1-29(2)26-11-15-30(3)23-10-18-32(17-9-21-13-19-35-25(21)20-33)14-5-6-24(32)22(23)7-8-27(30)31(26,4)16-12-28(29)34;1-3-2;1-2/h13,19,22-24,26-28,34H,5-8,10-12,14-16,18H2,1-4H3;3H,1H2,2H3;1-2H3. The van der Waals surface area contributed by atoms with Crippen LogP contribution in [0, 0.1) is 74.4 Å². The molecule has 0 spiro atoms. The topological polar surface area (TPSA) is 44.0 Å². The van der Waals surface area contributed by atoms with Crippen molar-refractivity contribution in [1.29, 1.82) is 5.26 Å². The summed E-state index contributed by atoms with van der Waals surface area (Å²) in [5, 5.41) is 22.4. The summed E-state index contributed by atoms with van der Waals surface area (Å²) in [6, 6.07) is 4.38. The second-order valence-corrected chi connectivity index (χ2v) is 15.4. The van der Waals surface area contributed by atoms with Gasteiger partial charge in [-0.25, -0.2) is 0 Å². The van der Waals surface area contributed by atoms with Gasteiger partial charge in [0.05, 0.1) is 11.7 Å². The van der Waals surface area contributed by atoms with Gasteiger partial charge in [-0.1, -0.05) is 65.9 Å². The van der Waals surface area contributed by atoms with Gasteiger partial charge in [0.1, 0.15) is 10.9 Å². The van der Waals surface area contributed by atoms with Crippen LogP contribution in [0.2, 0.25) is 0 Å². The molecule has 1 aromatic heterocycles. The van der Waals surface area contributed by atoms with Crippen molar-refractivity contribution in [2.45, 2.75) is 125 Å². The highest BCUT2D eigenvalue weighted by molar-refractivity contribution is 7.10. The minimum atomic E-state index is -0.140. The van der Waals surface area contributed by atoms with Crippen molar-refractivity contribution in [2.24, 2.45) is 51.2 Å². The molecule has 9 atom stereocenters. The third kappa shape index (κ3) is 4.92. The van der Waals surface area contributed by atoms with E-state index in [1.165, 1.54) is 75.5 Å². The van der Waals surface area contributed by atoms with Crippen LogP contribution in [0.1, 0.15) is 130 Å². The zero-order chi connectivity index (χ0) is 29.3. The van der Waals surface area contributed by atoms with Crippen molar-refractivity contribution in [1.82, 2.24) is 0 Å². The first-order chi connectivity index (χ1) is 19.1. The molecule has 220 valence electrons. The van der Waals surface area contributed by atoms with Crippen LogP contribution < -0.4 is 0 Å². The van der Waals surface area contributed by atoms with E-state index in [4.69, 9.17) is 0 Å². The van der Waals surface area contributed by atoms with Crippen molar-refractivity contribution in [2.75, 3.05) is 0 Å². The molecule has 0 aromatic carbocycles. The molecule has 0 saturated heterocycles. The van der Waals surface area contributed by atoms with Crippen molar-refractivity contribution in [3.8, 4) is 17.9 Å². The summed E-state index contributed by atoms with van der Waals surface area (Å²) in [5.41, 5.74) is 1.98. The van der Waals surface area contributed by atoms with Gasteiger partial charge in [-0.15, -0.1) is 17.9 Å². The molecule has 9 unspecified atom stereocenters. The average molecular weight is 562 g/mol. The summed E-state index contributed by atoms with van der Waals surface area (Å²) < 4.78 is 0. The largest absolute Gasteiger partial charge is 0.393 e. The molecule has 3 heteroatoms. The first-order valence-corrected chi connectivity index (χ1v) is 17.2. The van der Waals surface area contributed by atoms with E-state index in [-0.39, 0.29) is 16.9 Å². The Labute approximate surface area is 250 Å². The van der Waals surface area contributed by atoms with E-state index in [1.54, 1.807) is 6.08 Å². The lowest BCUT2D eigenvalue weighted by Gasteiger charge is -2.69. The molecule has 5 aliphatic carbocycles. The third-order valence-electron chi connectivity index (χ3n) is 12.7. The number of aliphatic hydroxyl groups is 1. The Morgan fingerprint density at radius 1 is 0.925 bits per heavy atom. The number of nitriles is 1. The molecule has 0 radical (unpaired) electrons. The lowest BCUT2D eigenvalue weighted by Crippen LogP contribution is -2.63. The molecule has 5 saturated carbocycles. The molecule has 0 aliphatic heterocycles. The monoisotopic (exact) mass is 561 g/mol. The Bertz CT molecular complexity index is 1150. The summed E-state index contributed by atoms with van der Waals surface area (Å²) in [4.78, 5) is 0.774. The Balaban J connectivity index is 0.000000695. The highest BCUT2D eigenvalue weighted by atomic mass is 32.1. The van der Waals surface area contributed by atoms with Crippen LogP contribution in [0.25, 0.3) is 0 Å². The number of aliphatic hydroxyl groups excluding tert-OH is 1. The first-order valence-electron chi connectivity index (χ1n) is 16.3. The highest BCUT2D eigenvalue weighted by Gasteiger charge is 2.66. The van der Waals surface area contributed by atoms with Crippen LogP contribution in [-0.2, 0) is 0 Å². The molecular weight excluding hydrogens is 506 g/mol. The highest BCUT2D eigenvalue weighted by Crippen LogP contribution is 2.72. The molecule has 6 rings (SSSR count). The molecule has 5 fully saturated rings. The van der Waals surface area contributed by atoms with Crippen LogP contribution in [0.5, 0.6) is 0 Å². The molecule has 1 N–H and O–H groups in total. The number of hydrogen-bond acceptors (Lipinski definition) is 3. The number of allylic oxidation sites excluding steroid dienone is 1. The Kier molecular flexibility index (Phi) is 9.40. The van der Waals surface area contributed by atoms with Crippen molar-refractivity contribution < 1.29 is 5.11 Å². The Morgan fingerprint density at radius 3 is 2.33 bits per heavy atom. The van der Waals surface area contributed by atoms with E-state index >= 15 is 0 Å². The van der Waals surface area contributed by atoms with Gasteiger partial charge >= 0.3 is 0 Å². The van der Waals surface area contributed by atoms with Crippen LogP contribution in [0.4, 0.5) is 0 Å². The quantitative estimate of drug-likeness (QED) is 0.253. The maximum absolute atomic E-state index is 10.9. The third-order valence-corrected chi connectivity index (χ3v) is 13.5. The van der Waals surface area contributed by atoms with E-state index in [0.29, 0.717) is 16.7 Å². The fraction of sp³-hybridized carbons (Fsp3) is 0.757. The molecular formula is C37H55NOS. The molecule has 40 heavy (non-hydrogen) atoms. The van der Waals surface area contributed by atoms with Crippen LogP contribution in [0.15, 0.2) is 24.1 Å². The predicted molar refractivity (Wildman–Crippen MR) is 170 cm³/mol. The van der Waals surface area contributed by atoms with Gasteiger partial charge in [-0.2, -0.15) is 5.26 Å². The maximum Gasteiger partial charge on any atom is 0.120 e. The van der Waals surface area contributed by atoms with Gasteiger partial charge in [0.15, 0.2) is 0 Å².